The molecule has 1 aliphatic rings. The van der Waals surface area contributed by atoms with Crippen molar-refractivity contribution in [2.75, 3.05) is 0 Å². The zero-order chi connectivity index (χ0) is 11.5. The van der Waals surface area contributed by atoms with Gasteiger partial charge in [0.25, 0.3) is 0 Å². The van der Waals surface area contributed by atoms with E-state index >= 15 is 0 Å². The molecule has 0 N–H and O–H groups in total. The van der Waals surface area contributed by atoms with E-state index < -0.39 is 0 Å². The molecule has 0 heteroatoms. The van der Waals surface area contributed by atoms with Crippen LogP contribution >= 0.6 is 0 Å². The van der Waals surface area contributed by atoms with E-state index in [4.69, 9.17) is 0 Å². The maximum absolute atomic E-state index is 3.80. The Morgan fingerprint density at radius 3 is 2.87 bits per heavy atom. The molecule has 0 fully saturated rings. The van der Waals surface area contributed by atoms with E-state index in [1.165, 1.54) is 18.4 Å². The van der Waals surface area contributed by atoms with Crippen LogP contribution in [0.2, 0.25) is 0 Å². The van der Waals surface area contributed by atoms with Crippen LogP contribution in [0.3, 0.4) is 0 Å². The lowest BCUT2D eigenvalue weighted by Gasteiger charge is -2.39. The fourth-order valence-corrected chi connectivity index (χ4v) is 2.31. The molecule has 0 aromatic heterocycles. The number of allylic oxidation sites excluding steroid dienone is 5. The second-order valence-corrected chi connectivity index (χ2v) is 5.14. The molecule has 0 unspecified atom stereocenters. The highest BCUT2D eigenvalue weighted by Crippen LogP contribution is 2.44. The maximum Gasteiger partial charge on any atom is -0.00588 e. The Hall–Kier alpha value is -0.780. The molecule has 0 aromatic carbocycles. The molecule has 0 radical (unpaired) electrons. The molecule has 84 valence electrons. The van der Waals surface area contributed by atoms with Crippen LogP contribution in [0.15, 0.2) is 36.0 Å². The number of rotatable bonds is 3. The molecule has 1 aliphatic carbocycles. The third-order valence-corrected chi connectivity index (χ3v) is 4.21. The van der Waals surface area contributed by atoms with Gasteiger partial charge in [0.15, 0.2) is 0 Å². The largest absolute Gasteiger partial charge is 0.0988 e. The zero-order valence-corrected chi connectivity index (χ0v) is 10.6. The minimum atomic E-state index is 0.364. The lowest BCUT2D eigenvalue weighted by atomic mass is 9.65. The summed E-state index contributed by atoms with van der Waals surface area (Å²) >= 11 is 0. The molecule has 0 aliphatic heterocycles. The number of hydrogen-bond donors (Lipinski definition) is 0. The molecule has 2 atom stereocenters. The Morgan fingerprint density at radius 2 is 2.33 bits per heavy atom. The van der Waals surface area contributed by atoms with Crippen molar-refractivity contribution in [1.82, 2.24) is 0 Å². The smallest absolute Gasteiger partial charge is 0.00588 e. The Balaban J connectivity index is 2.84. The first-order chi connectivity index (χ1) is 7.00. The summed E-state index contributed by atoms with van der Waals surface area (Å²) in [5.74, 6) is 0.788. The van der Waals surface area contributed by atoms with Crippen molar-refractivity contribution in [1.29, 1.82) is 0 Å². The molecular weight excluding hydrogens is 180 g/mol. The van der Waals surface area contributed by atoms with Crippen LogP contribution in [0.1, 0.15) is 47.0 Å². The van der Waals surface area contributed by atoms with Crippen molar-refractivity contribution < 1.29 is 0 Å². The molecule has 0 spiro atoms. The van der Waals surface area contributed by atoms with Gasteiger partial charge in [-0.3, -0.25) is 0 Å². The van der Waals surface area contributed by atoms with Gasteiger partial charge in [-0.2, -0.15) is 0 Å². The lowest BCUT2D eigenvalue weighted by molar-refractivity contribution is 0.231. The van der Waals surface area contributed by atoms with E-state index in [2.05, 4.69) is 46.4 Å². The molecule has 0 bridgehead atoms. The molecule has 0 nitrogen and oxygen atoms in total. The third kappa shape index (κ3) is 2.62. The average Bonchev–Trinajstić information content (AvgIpc) is 2.23. The summed E-state index contributed by atoms with van der Waals surface area (Å²) in [6.07, 6.45) is 10.4. The lowest BCUT2D eigenvalue weighted by Crippen LogP contribution is -2.28. The summed E-state index contributed by atoms with van der Waals surface area (Å²) in [6.45, 7) is 13.0. The van der Waals surface area contributed by atoms with E-state index in [1.54, 1.807) is 5.57 Å². The van der Waals surface area contributed by atoms with Crippen LogP contribution in [0, 0.1) is 11.3 Å². The van der Waals surface area contributed by atoms with E-state index in [0.717, 1.165) is 12.3 Å². The Bertz CT molecular complexity index is 293. The maximum atomic E-state index is 3.80. The molecule has 1 rings (SSSR count). The predicted molar refractivity (Wildman–Crippen MR) is 68.8 cm³/mol. The standard InChI is InChI=1S/C15H24/c1-6-12(2)10-11-15(5)13(3)8-7-9-14(15)4/h6,8,10,14H,1,7,9,11H2,2-5H3/b12-10-/t14-,15-/m1/s1. The van der Waals surface area contributed by atoms with E-state index in [-0.39, 0.29) is 0 Å². The van der Waals surface area contributed by atoms with Crippen LogP contribution in [0.25, 0.3) is 0 Å². The molecule has 15 heavy (non-hydrogen) atoms. The van der Waals surface area contributed by atoms with Gasteiger partial charge >= 0.3 is 0 Å². The molecule has 0 saturated carbocycles. The van der Waals surface area contributed by atoms with Crippen molar-refractivity contribution >= 4 is 0 Å². The van der Waals surface area contributed by atoms with Crippen LogP contribution < -0.4 is 0 Å². The Labute approximate surface area is 94.8 Å². The van der Waals surface area contributed by atoms with Crippen molar-refractivity contribution in [2.45, 2.75) is 47.0 Å². The second kappa shape index (κ2) is 4.83. The summed E-state index contributed by atoms with van der Waals surface area (Å²) in [5.41, 5.74) is 3.22. The molecule has 0 saturated heterocycles. The fraction of sp³-hybridized carbons (Fsp3) is 0.600. The summed E-state index contributed by atoms with van der Waals surface area (Å²) < 4.78 is 0. The quantitative estimate of drug-likeness (QED) is 0.453. The Morgan fingerprint density at radius 1 is 1.67 bits per heavy atom. The Kier molecular flexibility index (Phi) is 3.96. The van der Waals surface area contributed by atoms with Crippen LogP contribution in [0.5, 0.6) is 0 Å². The topological polar surface area (TPSA) is 0 Å². The zero-order valence-electron chi connectivity index (χ0n) is 10.6. The molecule has 0 amide bonds. The van der Waals surface area contributed by atoms with Crippen molar-refractivity contribution in [3.63, 3.8) is 0 Å². The average molecular weight is 204 g/mol. The van der Waals surface area contributed by atoms with Crippen molar-refractivity contribution in [3.05, 3.63) is 36.0 Å². The van der Waals surface area contributed by atoms with Gasteiger partial charge in [0.2, 0.25) is 0 Å². The van der Waals surface area contributed by atoms with E-state index in [0.29, 0.717) is 5.41 Å². The van der Waals surface area contributed by atoms with Gasteiger partial charge in [0.1, 0.15) is 0 Å². The van der Waals surface area contributed by atoms with Gasteiger partial charge in [-0.1, -0.05) is 49.8 Å². The first-order valence-electron chi connectivity index (χ1n) is 5.97. The summed E-state index contributed by atoms with van der Waals surface area (Å²) in [5, 5.41) is 0. The van der Waals surface area contributed by atoms with E-state index in [9.17, 15) is 0 Å². The first kappa shape index (κ1) is 12.3. The highest BCUT2D eigenvalue weighted by molar-refractivity contribution is 5.20. The van der Waals surface area contributed by atoms with Gasteiger partial charge < -0.3 is 0 Å². The molecule has 0 heterocycles. The minimum absolute atomic E-state index is 0.364. The summed E-state index contributed by atoms with van der Waals surface area (Å²) in [4.78, 5) is 0. The fourth-order valence-electron chi connectivity index (χ4n) is 2.31. The van der Waals surface area contributed by atoms with Gasteiger partial charge in [0, 0.05) is 0 Å². The van der Waals surface area contributed by atoms with Crippen molar-refractivity contribution in [3.8, 4) is 0 Å². The van der Waals surface area contributed by atoms with Gasteiger partial charge in [0.05, 0.1) is 0 Å². The van der Waals surface area contributed by atoms with Gasteiger partial charge in [-0.25, -0.2) is 0 Å². The van der Waals surface area contributed by atoms with E-state index in [1.807, 2.05) is 6.08 Å². The molecule has 0 aromatic rings. The second-order valence-electron chi connectivity index (χ2n) is 5.14. The SMILES string of the molecule is C=C/C(C)=C\C[C@]1(C)C(C)=CCC[C@H]1C. The van der Waals surface area contributed by atoms with Gasteiger partial charge in [-0.15, -0.1) is 0 Å². The minimum Gasteiger partial charge on any atom is -0.0988 e. The van der Waals surface area contributed by atoms with Crippen LogP contribution in [-0.2, 0) is 0 Å². The first-order valence-corrected chi connectivity index (χ1v) is 5.97. The summed E-state index contributed by atoms with van der Waals surface area (Å²) in [7, 11) is 0. The monoisotopic (exact) mass is 204 g/mol. The highest BCUT2D eigenvalue weighted by atomic mass is 14.4. The normalized spacial score (nSPS) is 32.4. The van der Waals surface area contributed by atoms with Gasteiger partial charge in [-0.05, 0) is 44.4 Å². The summed E-state index contributed by atoms with van der Waals surface area (Å²) in [6, 6.07) is 0. The predicted octanol–water partition coefficient (Wildman–Crippen LogP) is 4.89. The third-order valence-electron chi connectivity index (χ3n) is 4.21. The highest BCUT2D eigenvalue weighted by Gasteiger charge is 2.33. The molecular formula is C15H24. The number of hydrogen-bond acceptors (Lipinski definition) is 0. The van der Waals surface area contributed by atoms with Crippen LogP contribution in [0.4, 0.5) is 0 Å². The van der Waals surface area contributed by atoms with Crippen LogP contribution in [-0.4, -0.2) is 0 Å². The van der Waals surface area contributed by atoms with Crippen molar-refractivity contribution in [2.24, 2.45) is 11.3 Å².